The first-order chi connectivity index (χ1) is 9.17. The number of hydrogen-bond acceptors (Lipinski definition) is 4. The molecule has 2 rings (SSSR count). The van der Waals surface area contributed by atoms with E-state index in [4.69, 9.17) is 4.74 Å². The van der Waals surface area contributed by atoms with Gasteiger partial charge in [-0.3, -0.25) is 14.5 Å². The zero-order valence-corrected chi connectivity index (χ0v) is 11.9. The van der Waals surface area contributed by atoms with Gasteiger partial charge in [0.15, 0.2) is 0 Å². The van der Waals surface area contributed by atoms with Crippen LogP contribution in [0, 0.1) is 5.92 Å². The summed E-state index contributed by atoms with van der Waals surface area (Å²) < 4.78 is 5.31. The minimum atomic E-state index is -0.325. The second-order valence-corrected chi connectivity index (χ2v) is 5.47. The number of nitrogens with one attached hydrogen (secondary N) is 1. The third kappa shape index (κ3) is 3.15. The van der Waals surface area contributed by atoms with Gasteiger partial charge in [0, 0.05) is 19.2 Å². The van der Waals surface area contributed by atoms with E-state index in [-0.39, 0.29) is 23.9 Å². The highest BCUT2D eigenvalue weighted by Gasteiger charge is 2.41. The Kier molecular flexibility index (Phi) is 4.93. The minimum absolute atomic E-state index is 0.0288. The smallest absolute Gasteiger partial charge is 0.247 e. The monoisotopic (exact) mass is 268 g/mol. The largest absolute Gasteiger partial charge is 0.381 e. The molecule has 0 aliphatic carbocycles. The van der Waals surface area contributed by atoms with Crippen LogP contribution in [0.4, 0.5) is 0 Å². The highest BCUT2D eigenvalue weighted by Crippen LogP contribution is 2.21. The summed E-state index contributed by atoms with van der Waals surface area (Å²) in [6.07, 6.45) is 3.01. The van der Waals surface area contributed by atoms with Crippen LogP contribution >= 0.6 is 0 Å². The van der Waals surface area contributed by atoms with Crippen LogP contribution in [0.2, 0.25) is 0 Å². The van der Waals surface area contributed by atoms with Crippen molar-refractivity contribution in [1.29, 1.82) is 0 Å². The van der Waals surface area contributed by atoms with Crippen molar-refractivity contribution in [2.75, 3.05) is 19.8 Å². The Balaban J connectivity index is 1.89. The Morgan fingerprint density at radius 3 is 2.68 bits per heavy atom. The van der Waals surface area contributed by atoms with Crippen molar-refractivity contribution >= 4 is 11.8 Å². The molecule has 5 nitrogen and oxygen atoms in total. The fourth-order valence-electron chi connectivity index (χ4n) is 2.90. The number of carbonyl (C=O) groups is 2. The number of rotatable bonds is 6. The molecule has 2 heterocycles. The van der Waals surface area contributed by atoms with Crippen LogP contribution in [0.25, 0.3) is 0 Å². The normalized spacial score (nSPS) is 27.8. The van der Waals surface area contributed by atoms with Crippen LogP contribution in [0.1, 0.15) is 39.5 Å². The third-order valence-corrected chi connectivity index (χ3v) is 4.17. The van der Waals surface area contributed by atoms with Crippen LogP contribution in [-0.2, 0) is 14.3 Å². The van der Waals surface area contributed by atoms with E-state index in [2.05, 4.69) is 5.32 Å². The molecular formula is C14H24N2O3. The van der Waals surface area contributed by atoms with Crippen molar-refractivity contribution in [3.63, 3.8) is 0 Å². The van der Waals surface area contributed by atoms with Gasteiger partial charge in [-0.05, 0) is 25.2 Å². The molecule has 0 radical (unpaired) electrons. The van der Waals surface area contributed by atoms with E-state index in [0.717, 1.165) is 39.0 Å². The molecule has 0 aromatic carbocycles. The molecule has 2 unspecified atom stereocenters. The molecule has 2 fully saturated rings. The van der Waals surface area contributed by atoms with Gasteiger partial charge >= 0.3 is 0 Å². The molecule has 0 spiro atoms. The van der Waals surface area contributed by atoms with Gasteiger partial charge in [0.25, 0.3) is 0 Å². The summed E-state index contributed by atoms with van der Waals surface area (Å²) in [4.78, 5) is 25.8. The molecule has 2 aliphatic rings. The summed E-state index contributed by atoms with van der Waals surface area (Å²) in [7, 11) is 0. The van der Waals surface area contributed by atoms with E-state index in [1.54, 1.807) is 0 Å². The second kappa shape index (κ2) is 6.48. The number of imide groups is 1. The average Bonchev–Trinajstić information content (AvgIpc) is 3.00. The van der Waals surface area contributed by atoms with Crippen molar-refractivity contribution in [2.24, 2.45) is 5.92 Å². The fourth-order valence-corrected chi connectivity index (χ4v) is 2.90. The van der Waals surface area contributed by atoms with Gasteiger partial charge in [-0.25, -0.2) is 0 Å². The average molecular weight is 268 g/mol. The maximum absolute atomic E-state index is 12.3. The second-order valence-electron chi connectivity index (χ2n) is 5.47. The van der Waals surface area contributed by atoms with Crippen molar-refractivity contribution in [2.45, 2.75) is 51.6 Å². The minimum Gasteiger partial charge on any atom is -0.381 e. The van der Waals surface area contributed by atoms with Crippen LogP contribution in [-0.4, -0.2) is 48.6 Å². The zero-order valence-electron chi connectivity index (χ0n) is 11.9. The van der Waals surface area contributed by atoms with Gasteiger partial charge in [0.05, 0.1) is 19.1 Å². The Morgan fingerprint density at radius 2 is 2.11 bits per heavy atom. The molecule has 2 atom stereocenters. The van der Waals surface area contributed by atoms with E-state index in [9.17, 15) is 9.59 Å². The van der Waals surface area contributed by atoms with E-state index in [1.165, 1.54) is 4.90 Å². The molecule has 0 aromatic rings. The summed E-state index contributed by atoms with van der Waals surface area (Å²) in [5.41, 5.74) is 0. The Bertz CT molecular complexity index is 336. The summed E-state index contributed by atoms with van der Waals surface area (Å²) in [5, 5.41) is 3.24. The molecule has 1 N–H and O–H groups in total. The molecule has 2 aliphatic heterocycles. The predicted molar refractivity (Wildman–Crippen MR) is 71.6 cm³/mol. The SMILES string of the molecule is CCC(CC)N1C(=O)CC(NCC2CCOC2)C1=O. The predicted octanol–water partition coefficient (Wildman–Crippen LogP) is 0.929. The molecule has 2 amide bonds. The molecule has 0 aromatic heterocycles. The lowest BCUT2D eigenvalue weighted by atomic mass is 10.1. The van der Waals surface area contributed by atoms with Crippen LogP contribution in [0.3, 0.4) is 0 Å². The summed E-state index contributed by atoms with van der Waals surface area (Å²) in [6.45, 7) is 6.37. The van der Waals surface area contributed by atoms with Gasteiger partial charge in [0.2, 0.25) is 11.8 Å². The molecule has 0 saturated carbocycles. The van der Waals surface area contributed by atoms with E-state index in [0.29, 0.717) is 12.3 Å². The quantitative estimate of drug-likeness (QED) is 0.728. The number of hydrogen-bond donors (Lipinski definition) is 1. The van der Waals surface area contributed by atoms with Crippen molar-refractivity contribution in [1.82, 2.24) is 10.2 Å². The Labute approximate surface area is 114 Å². The van der Waals surface area contributed by atoms with Crippen molar-refractivity contribution < 1.29 is 14.3 Å². The number of ether oxygens (including phenoxy) is 1. The molecular weight excluding hydrogens is 244 g/mol. The molecule has 2 saturated heterocycles. The van der Waals surface area contributed by atoms with Crippen molar-refractivity contribution in [3.05, 3.63) is 0 Å². The number of nitrogens with zero attached hydrogens (tertiary/aromatic N) is 1. The van der Waals surface area contributed by atoms with Gasteiger partial charge in [-0.1, -0.05) is 13.8 Å². The maximum Gasteiger partial charge on any atom is 0.247 e. The maximum atomic E-state index is 12.3. The van der Waals surface area contributed by atoms with Crippen LogP contribution in [0.5, 0.6) is 0 Å². The standard InChI is InChI=1S/C14H24N2O3/c1-3-11(4-2)16-13(17)7-12(14(16)18)15-8-10-5-6-19-9-10/h10-12,15H,3-9H2,1-2H3. The molecule has 0 bridgehead atoms. The lowest BCUT2D eigenvalue weighted by molar-refractivity contribution is -0.141. The van der Waals surface area contributed by atoms with Crippen molar-refractivity contribution in [3.8, 4) is 0 Å². The lowest BCUT2D eigenvalue weighted by Crippen LogP contribution is -2.44. The van der Waals surface area contributed by atoms with E-state index in [1.807, 2.05) is 13.8 Å². The summed E-state index contributed by atoms with van der Waals surface area (Å²) in [6, 6.07) is -0.268. The Morgan fingerprint density at radius 1 is 1.37 bits per heavy atom. The fraction of sp³-hybridized carbons (Fsp3) is 0.857. The number of amides is 2. The van der Waals surface area contributed by atoms with Gasteiger partial charge in [-0.2, -0.15) is 0 Å². The first-order valence-electron chi connectivity index (χ1n) is 7.34. The number of carbonyl (C=O) groups excluding carboxylic acids is 2. The molecule has 5 heteroatoms. The highest BCUT2D eigenvalue weighted by atomic mass is 16.5. The zero-order chi connectivity index (χ0) is 13.8. The topological polar surface area (TPSA) is 58.6 Å². The van der Waals surface area contributed by atoms with Gasteiger partial charge in [-0.15, -0.1) is 0 Å². The summed E-state index contributed by atoms with van der Waals surface area (Å²) in [5.74, 6) is 0.404. The third-order valence-electron chi connectivity index (χ3n) is 4.17. The number of likely N-dealkylation sites (tertiary alicyclic amines) is 1. The van der Waals surface area contributed by atoms with Crippen LogP contribution in [0.15, 0.2) is 0 Å². The highest BCUT2D eigenvalue weighted by molar-refractivity contribution is 6.05. The molecule has 19 heavy (non-hydrogen) atoms. The van der Waals surface area contributed by atoms with Gasteiger partial charge < -0.3 is 10.1 Å². The lowest BCUT2D eigenvalue weighted by Gasteiger charge is -2.24. The van der Waals surface area contributed by atoms with Crippen LogP contribution < -0.4 is 5.32 Å². The molecule has 108 valence electrons. The van der Waals surface area contributed by atoms with E-state index < -0.39 is 0 Å². The van der Waals surface area contributed by atoms with Gasteiger partial charge in [0.1, 0.15) is 0 Å². The Hall–Kier alpha value is -0.940. The first kappa shape index (κ1) is 14.5. The summed E-state index contributed by atoms with van der Waals surface area (Å²) >= 11 is 0. The first-order valence-corrected chi connectivity index (χ1v) is 7.34. The van der Waals surface area contributed by atoms with E-state index >= 15 is 0 Å².